The average molecular weight is 352 g/mol. The zero-order valence-corrected chi connectivity index (χ0v) is 15.0. The van der Waals surface area contributed by atoms with Crippen molar-refractivity contribution >= 4 is 29.1 Å². The minimum atomic E-state index is 0.0730. The molecular weight excluding hydrogens is 329 g/mol. The normalized spacial score (nSPS) is 34.7. The van der Waals surface area contributed by atoms with Gasteiger partial charge in [-0.2, -0.15) is 0 Å². The molecule has 4 saturated carbocycles. The molecule has 0 atom stereocenters. The summed E-state index contributed by atoms with van der Waals surface area (Å²) in [6.07, 6.45) is 7.70. The highest BCUT2D eigenvalue weighted by Gasteiger charge is 2.54. The molecule has 0 heterocycles. The Hall–Kier alpha value is -0.730. The number of hydrogen-bond acceptors (Lipinski definition) is 1. The molecule has 4 fully saturated rings. The van der Waals surface area contributed by atoms with Crippen LogP contribution in [0, 0.1) is 17.8 Å². The lowest BCUT2D eigenvalue weighted by atomic mass is 9.52. The average Bonchev–Trinajstić information content (AvgIpc) is 2.45. The molecule has 4 aliphatic rings. The van der Waals surface area contributed by atoms with Gasteiger partial charge in [-0.1, -0.05) is 23.2 Å². The minimum absolute atomic E-state index is 0.0730. The van der Waals surface area contributed by atoms with Crippen LogP contribution in [0.3, 0.4) is 0 Å². The maximum atomic E-state index is 13.2. The van der Waals surface area contributed by atoms with Crippen LogP contribution in [0.5, 0.6) is 0 Å². The van der Waals surface area contributed by atoms with Crippen LogP contribution in [0.4, 0.5) is 0 Å². The van der Waals surface area contributed by atoms with Crippen molar-refractivity contribution in [1.29, 1.82) is 0 Å². The van der Waals surface area contributed by atoms with E-state index in [2.05, 4.69) is 11.8 Å². The number of nitrogens with zero attached hydrogens (tertiary/aromatic N) is 1. The molecule has 4 aliphatic carbocycles. The molecule has 23 heavy (non-hydrogen) atoms. The second-order valence-corrected chi connectivity index (χ2v) is 8.66. The van der Waals surface area contributed by atoms with E-state index in [1.807, 2.05) is 0 Å². The third kappa shape index (κ3) is 2.59. The van der Waals surface area contributed by atoms with Gasteiger partial charge in [0, 0.05) is 17.1 Å². The van der Waals surface area contributed by atoms with Gasteiger partial charge in [0.1, 0.15) is 0 Å². The Morgan fingerprint density at radius 1 is 1.13 bits per heavy atom. The molecule has 0 aromatic heterocycles. The van der Waals surface area contributed by atoms with E-state index < -0.39 is 0 Å². The van der Waals surface area contributed by atoms with E-state index in [4.69, 9.17) is 23.2 Å². The van der Waals surface area contributed by atoms with Gasteiger partial charge in [-0.15, -0.1) is 0 Å². The second kappa shape index (κ2) is 5.67. The largest absolute Gasteiger partial charge is 0.333 e. The summed E-state index contributed by atoms with van der Waals surface area (Å²) < 4.78 is 0. The van der Waals surface area contributed by atoms with Gasteiger partial charge in [0.05, 0.1) is 10.6 Å². The topological polar surface area (TPSA) is 20.3 Å². The molecule has 2 nitrogen and oxygen atoms in total. The molecule has 1 aromatic rings. The summed E-state index contributed by atoms with van der Waals surface area (Å²) in [7, 11) is 0. The highest BCUT2D eigenvalue weighted by molar-refractivity contribution is 6.36. The first kappa shape index (κ1) is 15.8. The van der Waals surface area contributed by atoms with Gasteiger partial charge in [-0.3, -0.25) is 4.79 Å². The number of benzene rings is 1. The van der Waals surface area contributed by atoms with Crippen LogP contribution in [-0.4, -0.2) is 22.9 Å². The Bertz CT molecular complexity index is 607. The number of rotatable bonds is 3. The Balaban J connectivity index is 1.67. The van der Waals surface area contributed by atoms with E-state index in [-0.39, 0.29) is 11.4 Å². The maximum Gasteiger partial charge on any atom is 0.255 e. The molecule has 4 heteroatoms. The fraction of sp³-hybridized carbons (Fsp3) is 0.632. The molecule has 4 bridgehead atoms. The van der Waals surface area contributed by atoms with Crippen LogP contribution in [0.25, 0.3) is 0 Å². The fourth-order valence-electron chi connectivity index (χ4n) is 5.90. The third-order valence-corrected chi connectivity index (χ3v) is 6.85. The Morgan fingerprint density at radius 3 is 2.17 bits per heavy atom. The van der Waals surface area contributed by atoms with Crippen molar-refractivity contribution in [1.82, 2.24) is 4.90 Å². The lowest BCUT2D eigenvalue weighted by molar-refractivity contribution is -0.0731. The van der Waals surface area contributed by atoms with Gasteiger partial charge >= 0.3 is 0 Å². The molecule has 0 spiro atoms. The first-order valence-electron chi connectivity index (χ1n) is 8.78. The Kier molecular flexibility index (Phi) is 3.89. The van der Waals surface area contributed by atoms with E-state index in [0.29, 0.717) is 15.6 Å². The van der Waals surface area contributed by atoms with Crippen molar-refractivity contribution in [2.75, 3.05) is 6.54 Å². The van der Waals surface area contributed by atoms with Crippen LogP contribution in [-0.2, 0) is 0 Å². The lowest BCUT2D eigenvalue weighted by Gasteiger charge is -2.60. The molecular formula is C19H23Cl2NO. The second-order valence-electron chi connectivity index (χ2n) is 7.82. The summed E-state index contributed by atoms with van der Waals surface area (Å²) in [5, 5.41) is 1.04. The summed E-state index contributed by atoms with van der Waals surface area (Å²) >= 11 is 12.3. The summed E-state index contributed by atoms with van der Waals surface area (Å²) in [5.41, 5.74) is 0.664. The van der Waals surface area contributed by atoms with E-state index in [1.54, 1.807) is 18.2 Å². The smallest absolute Gasteiger partial charge is 0.255 e. The number of halogens is 2. The summed E-state index contributed by atoms with van der Waals surface area (Å²) in [5.74, 6) is 2.55. The van der Waals surface area contributed by atoms with Crippen molar-refractivity contribution in [3.8, 4) is 0 Å². The molecule has 1 amide bonds. The van der Waals surface area contributed by atoms with Gasteiger partial charge in [0.15, 0.2) is 0 Å². The zero-order chi connectivity index (χ0) is 16.2. The number of hydrogen-bond donors (Lipinski definition) is 0. The third-order valence-electron chi connectivity index (χ3n) is 6.30. The molecule has 0 unspecified atom stereocenters. The van der Waals surface area contributed by atoms with Crippen molar-refractivity contribution < 1.29 is 4.79 Å². The van der Waals surface area contributed by atoms with Crippen LogP contribution in [0.15, 0.2) is 18.2 Å². The van der Waals surface area contributed by atoms with Crippen molar-refractivity contribution in [3.63, 3.8) is 0 Å². The lowest BCUT2D eigenvalue weighted by Crippen LogP contribution is -2.61. The van der Waals surface area contributed by atoms with Gasteiger partial charge in [-0.05, 0) is 81.4 Å². The van der Waals surface area contributed by atoms with Crippen molar-refractivity contribution in [2.45, 2.75) is 51.0 Å². The van der Waals surface area contributed by atoms with Crippen LogP contribution >= 0.6 is 23.2 Å². The Morgan fingerprint density at radius 2 is 1.70 bits per heavy atom. The number of carbonyl (C=O) groups is 1. The molecule has 5 rings (SSSR count). The monoisotopic (exact) mass is 351 g/mol. The quantitative estimate of drug-likeness (QED) is 0.711. The number of carbonyl (C=O) groups excluding carboxylic acids is 1. The van der Waals surface area contributed by atoms with Gasteiger partial charge in [0.2, 0.25) is 0 Å². The highest BCUT2D eigenvalue weighted by Crippen LogP contribution is 2.58. The standard InChI is InChI=1S/C19H23Cl2NO/c1-2-22(18(23)16-4-3-15(20)8-17(16)21)19-9-12-5-13(10-19)7-14(6-12)11-19/h3-4,8,12-14H,2,5-7,9-11H2,1H3. The van der Waals surface area contributed by atoms with E-state index in [1.165, 1.54) is 38.5 Å². The Labute approximate surface area is 148 Å². The summed E-state index contributed by atoms with van der Waals surface area (Å²) in [6, 6.07) is 5.20. The predicted molar refractivity (Wildman–Crippen MR) is 94.1 cm³/mol. The molecule has 0 aliphatic heterocycles. The SMILES string of the molecule is CCN(C(=O)c1ccc(Cl)cc1Cl)C12CC3CC(CC(C3)C1)C2. The van der Waals surface area contributed by atoms with Crippen molar-refractivity contribution in [3.05, 3.63) is 33.8 Å². The van der Waals surface area contributed by atoms with Crippen molar-refractivity contribution in [2.24, 2.45) is 17.8 Å². The molecule has 124 valence electrons. The minimum Gasteiger partial charge on any atom is -0.333 e. The molecule has 0 N–H and O–H groups in total. The van der Waals surface area contributed by atoms with Crippen LogP contribution in [0.2, 0.25) is 10.0 Å². The highest BCUT2D eigenvalue weighted by atomic mass is 35.5. The van der Waals surface area contributed by atoms with Crippen LogP contribution in [0.1, 0.15) is 55.8 Å². The predicted octanol–water partition coefficient (Wildman–Crippen LogP) is 5.42. The van der Waals surface area contributed by atoms with Crippen LogP contribution < -0.4 is 0 Å². The summed E-state index contributed by atoms with van der Waals surface area (Å²) in [6.45, 7) is 2.85. The zero-order valence-electron chi connectivity index (χ0n) is 13.5. The molecule has 0 radical (unpaired) electrons. The first-order chi connectivity index (χ1) is 11.0. The van der Waals surface area contributed by atoms with Gasteiger partial charge < -0.3 is 4.90 Å². The van der Waals surface area contributed by atoms with Gasteiger partial charge in [0.25, 0.3) is 5.91 Å². The molecule has 0 saturated heterocycles. The van der Waals surface area contributed by atoms with E-state index >= 15 is 0 Å². The number of amides is 1. The fourth-order valence-corrected chi connectivity index (χ4v) is 6.39. The van der Waals surface area contributed by atoms with Gasteiger partial charge in [-0.25, -0.2) is 0 Å². The maximum absolute atomic E-state index is 13.2. The molecule has 1 aromatic carbocycles. The first-order valence-corrected chi connectivity index (χ1v) is 9.53. The summed E-state index contributed by atoms with van der Waals surface area (Å²) in [4.78, 5) is 15.4. The van der Waals surface area contributed by atoms with E-state index in [0.717, 1.165) is 24.3 Å². The van der Waals surface area contributed by atoms with E-state index in [9.17, 15) is 4.79 Å².